The number of methoxy groups -OCH3 is 1. The molecule has 5 nitrogen and oxygen atoms in total. The Kier molecular flexibility index (Phi) is 4.49. The molecule has 0 aliphatic heterocycles. The van der Waals surface area contributed by atoms with Gasteiger partial charge in [-0.3, -0.25) is 15.4 Å². The van der Waals surface area contributed by atoms with Crippen molar-refractivity contribution >= 4 is 5.69 Å². The van der Waals surface area contributed by atoms with E-state index in [1.165, 1.54) is 19.2 Å². The molecule has 90 valence electrons. The Balaban J connectivity index is 2.91. The molecule has 0 saturated heterocycles. The molecule has 5 heteroatoms. The number of hydrogen-bond acceptors (Lipinski definition) is 4. The lowest BCUT2D eigenvalue weighted by Crippen LogP contribution is -2.23. The molecular formula is C12H14N2O3. The summed E-state index contributed by atoms with van der Waals surface area (Å²) in [6.45, 7) is 2.26. The topological polar surface area (TPSA) is 64.4 Å². The van der Waals surface area contributed by atoms with Crippen molar-refractivity contribution in [1.82, 2.24) is 5.32 Å². The van der Waals surface area contributed by atoms with Crippen LogP contribution in [0.25, 0.3) is 0 Å². The van der Waals surface area contributed by atoms with E-state index >= 15 is 0 Å². The van der Waals surface area contributed by atoms with Gasteiger partial charge in [0.1, 0.15) is 5.75 Å². The summed E-state index contributed by atoms with van der Waals surface area (Å²) in [4.78, 5) is 10.2. The van der Waals surface area contributed by atoms with Gasteiger partial charge in [-0.2, -0.15) is 0 Å². The molecule has 0 aliphatic carbocycles. The number of terminal acetylenes is 1. The van der Waals surface area contributed by atoms with Crippen molar-refractivity contribution in [1.29, 1.82) is 0 Å². The number of rotatable bonds is 5. The Morgan fingerprint density at radius 2 is 2.35 bits per heavy atom. The van der Waals surface area contributed by atoms with Crippen LogP contribution in [0.4, 0.5) is 5.69 Å². The summed E-state index contributed by atoms with van der Waals surface area (Å²) in [5.41, 5.74) is 0.750. The van der Waals surface area contributed by atoms with Crippen molar-refractivity contribution in [3.8, 4) is 18.1 Å². The minimum atomic E-state index is -0.437. The number of nitro groups is 1. The van der Waals surface area contributed by atoms with E-state index in [4.69, 9.17) is 11.2 Å². The Morgan fingerprint density at radius 1 is 1.65 bits per heavy atom. The van der Waals surface area contributed by atoms with E-state index in [0.29, 0.717) is 17.9 Å². The van der Waals surface area contributed by atoms with Gasteiger partial charge in [0, 0.05) is 24.2 Å². The zero-order valence-corrected chi connectivity index (χ0v) is 9.77. The summed E-state index contributed by atoms with van der Waals surface area (Å²) < 4.78 is 5.13. The van der Waals surface area contributed by atoms with Crippen molar-refractivity contribution in [3.05, 3.63) is 33.9 Å². The van der Waals surface area contributed by atoms with Gasteiger partial charge >= 0.3 is 0 Å². The van der Waals surface area contributed by atoms with Crippen molar-refractivity contribution in [2.24, 2.45) is 0 Å². The number of ether oxygens (including phenoxy) is 1. The third-order valence-electron chi connectivity index (χ3n) is 2.32. The van der Waals surface area contributed by atoms with Crippen LogP contribution in [0.1, 0.15) is 12.5 Å². The molecule has 1 atom stereocenters. The molecule has 0 saturated carbocycles. The third-order valence-corrected chi connectivity index (χ3v) is 2.32. The SMILES string of the molecule is C#CC(C)NCc1cc([N+](=O)[O-])ccc1OC. The van der Waals surface area contributed by atoms with Gasteiger partial charge < -0.3 is 4.74 Å². The van der Waals surface area contributed by atoms with Crippen LogP contribution >= 0.6 is 0 Å². The molecule has 0 aliphatic rings. The molecule has 0 bridgehead atoms. The second-order valence-electron chi connectivity index (χ2n) is 3.52. The highest BCUT2D eigenvalue weighted by atomic mass is 16.6. The van der Waals surface area contributed by atoms with Gasteiger partial charge in [-0.1, -0.05) is 5.92 Å². The monoisotopic (exact) mass is 234 g/mol. The van der Waals surface area contributed by atoms with E-state index in [2.05, 4.69) is 11.2 Å². The van der Waals surface area contributed by atoms with E-state index in [9.17, 15) is 10.1 Å². The first-order valence-corrected chi connectivity index (χ1v) is 5.09. The standard InChI is InChI=1S/C12H14N2O3/c1-4-9(2)13-8-10-7-11(14(15)16)5-6-12(10)17-3/h1,5-7,9,13H,8H2,2-3H3. The maximum absolute atomic E-state index is 10.7. The summed E-state index contributed by atoms with van der Waals surface area (Å²) in [5, 5.41) is 13.7. The first-order chi connectivity index (χ1) is 8.08. The lowest BCUT2D eigenvalue weighted by Gasteiger charge is -2.11. The minimum Gasteiger partial charge on any atom is -0.496 e. The Bertz CT molecular complexity index is 452. The summed E-state index contributed by atoms with van der Waals surface area (Å²) >= 11 is 0. The molecule has 1 unspecified atom stereocenters. The largest absolute Gasteiger partial charge is 0.496 e. The van der Waals surface area contributed by atoms with Crippen molar-refractivity contribution in [2.45, 2.75) is 19.5 Å². The van der Waals surface area contributed by atoms with Gasteiger partial charge in [0.05, 0.1) is 18.1 Å². The van der Waals surface area contributed by atoms with Crippen molar-refractivity contribution in [2.75, 3.05) is 7.11 Å². The summed E-state index contributed by atoms with van der Waals surface area (Å²) in [5.74, 6) is 3.13. The van der Waals surface area contributed by atoms with E-state index in [0.717, 1.165) is 0 Å². The molecule has 0 amide bonds. The van der Waals surface area contributed by atoms with Crippen molar-refractivity contribution < 1.29 is 9.66 Å². The van der Waals surface area contributed by atoms with E-state index in [1.807, 2.05) is 6.92 Å². The number of benzene rings is 1. The van der Waals surface area contributed by atoms with Crippen LogP contribution in [0.5, 0.6) is 5.75 Å². The van der Waals surface area contributed by atoms with Gasteiger partial charge in [0.15, 0.2) is 0 Å². The van der Waals surface area contributed by atoms with Gasteiger partial charge in [-0.15, -0.1) is 6.42 Å². The first-order valence-electron chi connectivity index (χ1n) is 5.09. The molecule has 1 N–H and O–H groups in total. The minimum absolute atomic E-state index is 0.0379. The lowest BCUT2D eigenvalue weighted by molar-refractivity contribution is -0.384. The average Bonchev–Trinajstić information content (AvgIpc) is 2.35. The molecule has 17 heavy (non-hydrogen) atoms. The fourth-order valence-electron chi connectivity index (χ4n) is 1.34. The van der Waals surface area contributed by atoms with Crippen LogP contribution < -0.4 is 10.1 Å². The molecule has 0 aromatic heterocycles. The highest BCUT2D eigenvalue weighted by molar-refractivity contribution is 5.43. The quantitative estimate of drug-likeness (QED) is 0.478. The molecular weight excluding hydrogens is 220 g/mol. The highest BCUT2D eigenvalue weighted by Crippen LogP contribution is 2.23. The predicted molar refractivity (Wildman–Crippen MR) is 64.8 cm³/mol. The highest BCUT2D eigenvalue weighted by Gasteiger charge is 2.11. The predicted octanol–water partition coefficient (Wildman–Crippen LogP) is 1.71. The number of hydrogen-bond donors (Lipinski definition) is 1. The summed E-state index contributed by atoms with van der Waals surface area (Å²) in [6.07, 6.45) is 5.23. The number of nitro benzene ring substituents is 1. The smallest absolute Gasteiger partial charge is 0.270 e. The zero-order valence-electron chi connectivity index (χ0n) is 9.77. The molecule has 1 aromatic carbocycles. The fraction of sp³-hybridized carbons (Fsp3) is 0.333. The molecule has 0 heterocycles. The van der Waals surface area contributed by atoms with E-state index < -0.39 is 4.92 Å². The second-order valence-corrected chi connectivity index (χ2v) is 3.52. The molecule has 0 spiro atoms. The van der Waals surface area contributed by atoms with Gasteiger partial charge in [0.25, 0.3) is 5.69 Å². The number of non-ortho nitro benzene ring substituents is 1. The Hall–Kier alpha value is -2.06. The molecule has 1 rings (SSSR count). The molecule has 0 fully saturated rings. The zero-order chi connectivity index (χ0) is 12.8. The maximum atomic E-state index is 10.7. The lowest BCUT2D eigenvalue weighted by atomic mass is 10.1. The number of nitrogens with zero attached hydrogens (tertiary/aromatic N) is 1. The van der Waals surface area contributed by atoms with Crippen LogP contribution in [-0.2, 0) is 6.54 Å². The van der Waals surface area contributed by atoms with E-state index in [-0.39, 0.29) is 11.7 Å². The Labute approximate surface area is 99.9 Å². The van der Waals surface area contributed by atoms with Gasteiger partial charge in [-0.05, 0) is 13.0 Å². The summed E-state index contributed by atoms with van der Waals surface area (Å²) in [6, 6.07) is 4.37. The average molecular weight is 234 g/mol. The first kappa shape index (κ1) is 13.0. The van der Waals surface area contributed by atoms with Crippen LogP contribution in [0.3, 0.4) is 0 Å². The van der Waals surface area contributed by atoms with E-state index in [1.54, 1.807) is 6.07 Å². The molecule has 0 radical (unpaired) electrons. The Morgan fingerprint density at radius 3 is 2.88 bits per heavy atom. The third kappa shape index (κ3) is 3.47. The van der Waals surface area contributed by atoms with Crippen LogP contribution in [-0.4, -0.2) is 18.1 Å². The summed E-state index contributed by atoms with van der Waals surface area (Å²) in [7, 11) is 1.52. The molecule has 1 aromatic rings. The van der Waals surface area contributed by atoms with Crippen LogP contribution in [0.15, 0.2) is 18.2 Å². The van der Waals surface area contributed by atoms with Gasteiger partial charge in [0.2, 0.25) is 0 Å². The van der Waals surface area contributed by atoms with Crippen molar-refractivity contribution in [3.63, 3.8) is 0 Å². The fourth-order valence-corrected chi connectivity index (χ4v) is 1.34. The van der Waals surface area contributed by atoms with Crippen LogP contribution in [0, 0.1) is 22.5 Å². The second kappa shape index (κ2) is 5.87. The van der Waals surface area contributed by atoms with Crippen LogP contribution in [0.2, 0.25) is 0 Å². The maximum Gasteiger partial charge on any atom is 0.270 e. The normalized spacial score (nSPS) is 11.6. The van der Waals surface area contributed by atoms with Gasteiger partial charge in [-0.25, -0.2) is 0 Å². The number of nitrogens with one attached hydrogen (secondary N) is 1.